The molecule has 1 rings (SSSR count). The van der Waals surface area contributed by atoms with E-state index in [2.05, 4.69) is 0 Å². The van der Waals surface area contributed by atoms with Crippen molar-refractivity contribution in [2.24, 2.45) is 10.8 Å². The molecule has 1 fully saturated rings. The summed E-state index contributed by atoms with van der Waals surface area (Å²) in [5, 5.41) is 9.11. The van der Waals surface area contributed by atoms with Crippen LogP contribution in [0, 0.1) is 10.8 Å². The Morgan fingerprint density at radius 1 is 1.05 bits per heavy atom. The van der Waals surface area contributed by atoms with Gasteiger partial charge in [-0.3, -0.25) is 9.59 Å². The number of rotatable bonds is 5. The highest BCUT2D eigenvalue weighted by atomic mass is 16.7. The Morgan fingerprint density at radius 3 is 2.00 bits per heavy atom. The van der Waals surface area contributed by atoms with Gasteiger partial charge in [-0.2, -0.15) is 0 Å². The van der Waals surface area contributed by atoms with Crippen molar-refractivity contribution in [3.63, 3.8) is 0 Å². The number of ether oxygens (including phenoxy) is 2. The lowest BCUT2D eigenvalue weighted by atomic mass is 9.92. The van der Waals surface area contributed by atoms with Crippen LogP contribution >= 0.6 is 0 Å². The number of esters is 1. The van der Waals surface area contributed by atoms with Gasteiger partial charge >= 0.3 is 11.9 Å². The molecule has 0 amide bonds. The van der Waals surface area contributed by atoms with Gasteiger partial charge in [-0.05, 0) is 26.7 Å². The fourth-order valence-corrected chi connectivity index (χ4v) is 2.12. The zero-order valence-electron chi connectivity index (χ0n) is 13.8. The van der Waals surface area contributed by atoms with Gasteiger partial charge in [0.2, 0.25) is 6.29 Å². The van der Waals surface area contributed by atoms with Crippen molar-refractivity contribution in [2.75, 3.05) is 0 Å². The standard InChI is InChI=1S/C16H28O5/c1-15(2,3)14(20-11-9-7-6-8-10-11)21-13(19)16(4,5)12(17)18/h11,14H,6-10H2,1-5H3,(H,17,18). The molecule has 1 N–H and O–H groups in total. The number of hydrogen-bond donors (Lipinski definition) is 1. The summed E-state index contributed by atoms with van der Waals surface area (Å²) in [6, 6.07) is 0. The van der Waals surface area contributed by atoms with Crippen molar-refractivity contribution >= 4 is 11.9 Å². The van der Waals surface area contributed by atoms with Crippen molar-refractivity contribution in [3.05, 3.63) is 0 Å². The van der Waals surface area contributed by atoms with Crippen molar-refractivity contribution < 1.29 is 24.2 Å². The Bertz CT molecular complexity index is 375. The molecule has 1 aliphatic carbocycles. The topological polar surface area (TPSA) is 72.8 Å². The molecule has 0 aromatic heterocycles. The van der Waals surface area contributed by atoms with Crippen LogP contribution in [0.1, 0.15) is 66.7 Å². The van der Waals surface area contributed by atoms with Crippen molar-refractivity contribution in [2.45, 2.75) is 79.1 Å². The number of aliphatic carboxylic acids is 1. The summed E-state index contributed by atoms with van der Waals surface area (Å²) in [5.74, 6) is -1.96. The summed E-state index contributed by atoms with van der Waals surface area (Å²) < 4.78 is 11.4. The van der Waals surface area contributed by atoms with E-state index in [0.29, 0.717) is 0 Å². The van der Waals surface area contributed by atoms with E-state index in [1.54, 1.807) is 0 Å². The van der Waals surface area contributed by atoms with Gasteiger partial charge in [-0.15, -0.1) is 0 Å². The van der Waals surface area contributed by atoms with Gasteiger partial charge in [0.05, 0.1) is 6.10 Å². The molecule has 0 bridgehead atoms. The first-order chi connectivity index (χ1) is 9.55. The zero-order valence-corrected chi connectivity index (χ0v) is 13.8. The molecule has 1 unspecified atom stereocenters. The van der Waals surface area contributed by atoms with Crippen molar-refractivity contribution in [1.29, 1.82) is 0 Å². The van der Waals surface area contributed by atoms with E-state index in [1.165, 1.54) is 20.3 Å². The number of carbonyl (C=O) groups is 2. The minimum absolute atomic E-state index is 0.0868. The Hall–Kier alpha value is -1.10. The van der Waals surface area contributed by atoms with Gasteiger partial charge in [0.1, 0.15) is 0 Å². The van der Waals surface area contributed by atoms with Crippen LogP contribution in [0.3, 0.4) is 0 Å². The second kappa shape index (κ2) is 6.77. The van der Waals surface area contributed by atoms with Gasteiger partial charge < -0.3 is 14.6 Å². The lowest BCUT2D eigenvalue weighted by Crippen LogP contribution is -2.43. The van der Waals surface area contributed by atoms with Crippen LogP contribution in [0.15, 0.2) is 0 Å². The second-order valence-corrected chi connectivity index (χ2v) is 7.43. The smallest absolute Gasteiger partial charge is 0.325 e. The van der Waals surface area contributed by atoms with Gasteiger partial charge in [-0.1, -0.05) is 40.0 Å². The second-order valence-electron chi connectivity index (χ2n) is 7.43. The summed E-state index contributed by atoms with van der Waals surface area (Å²) in [7, 11) is 0. The summed E-state index contributed by atoms with van der Waals surface area (Å²) in [6.45, 7) is 8.45. The predicted molar refractivity (Wildman–Crippen MR) is 78.7 cm³/mol. The van der Waals surface area contributed by atoms with Crippen LogP contribution in [-0.2, 0) is 19.1 Å². The molecule has 0 saturated heterocycles. The molecule has 5 heteroatoms. The molecular weight excluding hydrogens is 272 g/mol. The SMILES string of the molecule is CC(C)(C(=O)O)C(=O)OC(OC1CCCCC1)C(C)(C)C. The molecule has 1 saturated carbocycles. The largest absolute Gasteiger partial charge is 0.480 e. The third kappa shape index (κ3) is 4.99. The van der Waals surface area contributed by atoms with Gasteiger partial charge in [-0.25, -0.2) is 0 Å². The molecule has 0 aromatic rings. The Labute approximate surface area is 127 Å². The van der Waals surface area contributed by atoms with Crippen LogP contribution in [0.4, 0.5) is 0 Å². The molecule has 1 atom stereocenters. The van der Waals surface area contributed by atoms with Gasteiger partial charge in [0, 0.05) is 5.41 Å². The molecular formula is C16H28O5. The fraction of sp³-hybridized carbons (Fsp3) is 0.875. The van der Waals surface area contributed by atoms with Gasteiger partial charge in [0.25, 0.3) is 0 Å². The first-order valence-corrected chi connectivity index (χ1v) is 7.65. The maximum atomic E-state index is 12.1. The molecule has 5 nitrogen and oxygen atoms in total. The predicted octanol–water partition coefficient (Wildman–Crippen LogP) is 3.36. The summed E-state index contributed by atoms with van der Waals surface area (Å²) in [4.78, 5) is 23.3. The third-order valence-corrected chi connectivity index (χ3v) is 3.83. The third-order valence-electron chi connectivity index (χ3n) is 3.83. The van der Waals surface area contributed by atoms with Crippen LogP contribution in [0.5, 0.6) is 0 Å². The first-order valence-electron chi connectivity index (χ1n) is 7.65. The highest BCUT2D eigenvalue weighted by molar-refractivity contribution is 5.98. The molecule has 0 heterocycles. The van der Waals surface area contributed by atoms with Crippen LogP contribution in [0.2, 0.25) is 0 Å². The van der Waals surface area contributed by atoms with E-state index in [0.717, 1.165) is 25.7 Å². The van der Waals surface area contributed by atoms with E-state index in [-0.39, 0.29) is 6.10 Å². The number of carbonyl (C=O) groups excluding carboxylic acids is 1. The Morgan fingerprint density at radius 2 is 1.57 bits per heavy atom. The lowest BCUT2D eigenvalue weighted by molar-refractivity contribution is -0.228. The van der Waals surface area contributed by atoms with Crippen molar-refractivity contribution in [1.82, 2.24) is 0 Å². The van der Waals surface area contributed by atoms with Gasteiger partial charge in [0.15, 0.2) is 5.41 Å². The highest BCUT2D eigenvalue weighted by Gasteiger charge is 2.42. The van der Waals surface area contributed by atoms with E-state index >= 15 is 0 Å². The Kier molecular flexibility index (Phi) is 5.79. The van der Waals surface area contributed by atoms with E-state index in [9.17, 15) is 9.59 Å². The molecule has 0 aliphatic heterocycles. The number of carboxylic acid groups (broad SMARTS) is 1. The monoisotopic (exact) mass is 300 g/mol. The lowest BCUT2D eigenvalue weighted by Gasteiger charge is -2.35. The summed E-state index contributed by atoms with van der Waals surface area (Å²) in [6.07, 6.45) is 4.74. The maximum absolute atomic E-state index is 12.1. The fourth-order valence-electron chi connectivity index (χ4n) is 2.12. The first kappa shape index (κ1) is 18.0. The number of carboxylic acids is 1. The van der Waals surface area contributed by atoms with E-state index in [1.807, 2.05) is 20.8 Å². The van der Waals surface area contributed by atoms with E-state index < -0.39 is 29.1 Å². The minimum Gasteiger partial charge on any atom is -0.480 e. The van der Waals surface area contributed by atoms with Crippen LogP contribution < -0.4 is 0 Å². The maximum Gasteiger partial charge on any atom is 0.325 e. The normalized spacial score (nSPS) is 19.1. The molecule has 0 radical (unpaired) electrons. The quantitative estimate of drug-likeness (QED) is 0.479. The average molecular weight is 300 g/mol. The van der Waals surface area contributed by atoms with Crippen LogP contribution in [0.25, 0.3) is 0 Å². The molecule has 122 valence electrons. The molecule has 0 aromatic carbocycles. The molecule has 0 spiro atoms. The van der Waals surface area contributed by atoms with Crippen LogP contribution in [-0.4, -0.2) is 29.4 Å². The zero-order chi connectivity index (χ0) is 16.3. The Balaban J connectivity index is 2.74. The minimum atomic E-state index is -1.57. The van der Waals surface area contributed by atoms with Crippen molar-refractivity contribution in [3.8, 4) is 0 Å². The number of hydrogen-bond acceptors (Lipinski definition) is 4. The summed E-state index contributed by atoms with van der Waals surface area (Å²) in [5.41, 5.74) is -1.97. The molecule has 1 aliphatic rings. The molecule has 21 heavy (non-hydrogen) atoms. The summed E-state index contributed by atoms with van der Waals surface area (Å²) >= 11 is 0. The average Bonchev–Trinajstić information content (AvgIpc) is 2.37. The van der Waals surface area contributed by atoms with E-state index in [4.69, 9.17) is 14.6 Å². The highest BCUT2D eigenvalue weighted by Crippen LogP contribution is 2.31.